The van der Waals surface area contributed by atoms with Crippen LogP contribution in [0.3, 0.4) is 0 Å². The van der Waals surface area contributed by atoms with Crippen molar-refractivity contribution >= 4 is 23.2 Å². The molecule has 1 aliphatic heterocycles. The van der Waals surface area contributed by atoms with Crippen LogP contribution in [-0.4, -0.2) is 63.9 Å². The standard InChI is InChI=1S/C29H31N7O/c1-21-5-10-25(18-27(21)34-29-31-13-11-26(33-29)24-4-3-12-30-19-24)32-28(37)23-8-6-22(7-9-23)20-36-16-14-35(2)15-17-36/h3-13,18-19H,14-17,20H2,1-2H3,(H,32,37)(H,31,33,34)/i1D3,20D2. The van der Waals surface area contributed by atoms with Gasteiger partial charge in [0.05, 0.1) is 5.69 Å². The molecule has 5 rings (SSSR count). The molecule has 0 aliphatic carbocycles. The van der Waals surface area contributed by atoms with E-state index in [0.29, 0.717) is 35.6 Å². The fourth-order valence-electron chi connectivity index (χ4n) is 3.94. The number of amides is 1. The molecule has 0 saturated carbocycles. The van der Waals surface area contributed by atoms with Crippen molar-refractivity contribution in [3.63, 3.8) is 0 Å². The van der Waals surface area contributed by atoms with E-state index in [1.807, 2.05) is 13.1 Å². The summed E-state index contributed by atoms with van der Waals surface area (Å²) in [5.74, 6) is -0.223. The molecule has 0 radical (unpaired) electrons. The number of rotatable bonds is 7. The van der Waals surface area contributed by atoms with E-state index in [-0.39, 0.29) is 17.2 Å². The highest BCUT2D eigenvalue weighted by atomic mass is 16.1. The first kappa shape index (κ1) is 19.0. The largest absolute Gasteiger partial charge is 0.324 e. The van der Waals surface area contributed by atoms with Gasteiger partial charge in [0.1, 0.15) is 0 Å². The number of pyridine rings is 1. The molecule has 8 heteroatoms. The van der Waals surface area contributed by atoms with Gasteiger partial charge in [-0.15, -0.1) is 0 Å². The first-order valence-corrected chi connectivity index (χ1v) is 12.0. The number of hydrogen-bond acceptors (Lipinski definition) is 7. The minimum Gasteiger partial charge on any atom is -0.324 e. The van der Waals surface area contributed by atoms with Gasteiger partial charge < -0.3 is 15.5 Å². The van der Waals surface area contributed by atoms with Crippen molar-refractivity contribution < 1.29 is 11.6 Å². The van der Waals surface area contributed by atoms with E-state index < -0.39 is 19.3 Å². The minimum atomic E-state index is -2.43. The van der Waals surface area contributed by atoms with Crippen molar-refractivity contribution in [3.8, 4) is 11.3 Å². The Morgan fingerprint density at radius 3 is 2.65 bits per heavy atom. The molecule has 1 fully saturated rings. The van der Waals surface area contributed by atoms with Crippen LogP contribution in [0.1, 0.15) is 28.3 Å². The summed E-state index contributed by atoms with van der Waals surface area (Å²) in [5.41, 5.74) is 2.86. The fraction of sp³-hybridized carbons (Fsp3) is 0.241. The minimum absolute atomic E-state index is 0.0476. The number of carbonyl (C=O) groups excluding carboxylic acids is 1. The Kier molecular flexibility index (Phi) is 5.80. The maximum Gasteiger partial charge on any atom is 0.255 e. The Labute approximate surface area is 224 Å². The molecule has 4 aromatic rings. The molecule has 2 aromatic carbocycles. The van der Waals surface area contributed by atoms with Gasteiger partial charge in [-0.2, -0.15) is 0 Å². The van der Waals surface area contributed by atoms with E-state index in [1.54, 1.807) is 59.9 Å². The van der Waals surface area contributed by atoms with Crippen LogP contribution in [0.5, 0.6) is 0 Å². The van der Waals surface area contributed by atoms with Gasteiger partial charge >= 0.3 is 0 Å². The second-order valence-electron chi connectivity index (χ2n) is 8.83. The molecule has 1 saturated heterocycles. The highest BCUT2D eigenvalue weighted by molar-refractivity contribution is 6.04. The molecule has 0 atom stereocenters. The lowest BCUT2D eigenvalue weighted by Gasteiger charge is -2.32. The normalized spacial score (nSPS) is 17.1. The smallest absolute Gasteiger partial charge is 0.255 e. The SMILES string of the molecule is [2H]C([2H])([2H])c1ccc(NC(=O)c2ccc(C([2H])([2H])N3CCN(C)CC3)cc2)cc1Nc1nccc(-c2cccnc2)n1. The number of carbonyl (C=O) groups is 1. The molecule has 8 nitrogen and oxygen atoms in total. The maximum atomic E-state index is 13.1. The third-order valence-corrected chi connectivity index (χ3v) is 6.07. The van der Waals surface area contributed by atoms with Crippen LogP contribution in [-0.2, 0) is 6.50 Å². The topological polar surface area (TPSA) is 86.3 Å². The van der Waals surface area contributed by atoms with Crippen LogP contribution in [0.2, 0.25) is 0 Å². The molecular weight excluding hydrogens is 462 g/mol. The van der Waals surface area contributed by atoms with Crippen LogP contribution in [0.4, 0.5) is 17.3 Å². The van der Waals surface area contributed by atoms with E-state index in [1.165, 1.54) is 18.2 Å². The Bertz CT molecular complexity index is 1540. The zero-order chi connectivity index (χ0) is 29.9. The summed E-state index contributed by atoms with van der Waals surface area (Å²) in [7, 11) is 2.02. The summed E-state index contributed by atoms with van der Waals surface area (Å²) in [6.45, 7) is -1.26. The highest BCUT2D eigenvalue weighted by Crippen LogP contribution is 2.24. The third kappa shape index (κ3) is 6.35. The molecule has 2 aromatic heterocycles. The van der Waals surface area contributed by atoms with Crippen LogP contribution >= 0.6 is 0 Å². The van der Waals surface area contributed by atoms with Gasteiger partial charge in [0.2, 0.25) is 5.95 Å². The zero-order valence-corrected chi connectivity index (χ0v) is 20.5. The predicted molar refractivity (Wildman–Crippen MR) is 147 cm³/mol. The summed E-state index contributed by atoms with van der Waals surface area (Å²) in [4.78, 5) is 29.9. The molecule has 0 spiro atoms. The van der Waals surface area contributed by atoms with E-state index in [2.05, 4.69) is 30.5 Å². The summed E-state index contributed by atoms with van der Waals surface area (Å²) >= 11 is 0. The van der Waals surface area contributed by atoms with Crippen LogP contribution < -0.4 is 10.6 Å². The number of piperazine rings is 1. The van der Waals surface area contributed by atoms with Crippen molar-refractivity contribution in [1.82, 2.24) is 24.8 Å². The first-order valence-electron chi connectivity index (χ1n) is 14.5. The third-order valence-electron chi connectivity index (χ3n) is 6.07. The van der Waals surface area contributed by atoms with Crippen molar-refractivity contribution in [1.29, 1.82) is 0 Å². The molecule has 1 aliphatic rings. The van der Waals surface area contributed by atoms with Crippen LogP contribution in [0.15, 0.2) is 79.3 Å². The molecule has 188 valence electrons. The van der Waals surface area contributed by atoms with Crippen LogP contribution in [0, 0.1) is 6.85 Å². The second kappa shape index (κ2) is 11.3. The van der Waals surface area contributed by atoms with Gasteiger partial charge in [-0.3, -0.25) is 14.7 Å². The summed E-state index contributed by atoms with van der Waals surface area (Å²) < 4.78 is 41.2. The average molecular weight is 499 g/mol. The lowest BCUT2D eigenvalue weighted by atomic mass is 10.1. The number of hydrogen-bond donors (Lipinski definition) is 2. The Hall–Kier alpha value is -4.14. The number of aryl methyl sites for hydroxylation is 1. The Morgan fingerprint density at radius 2 is 1.89 bits per heavy atom. The zero-order valence-electron chi connectivity index (χ0n) is 25.5. The van der Waals surface area contributed by atoms with Crippen molar-refractivity contribution in [2.75, 3.05) is 43.9 Å². The Balaban J connectivity index is 1.34. The number of likely N-dealkylation sites (N-methyl/N-ethyl adjacent to an activating group) is 1. The number of aromatic nitrogens is 3. The number of benzene rings is 2. The van der Waals surface area contributed by atoms with Crippen molar-refractivity contribution in [2.45, 2.75) is 13.3 Å². The monoisotopic (exact) mass is 498 g/mol. The molecule has 37 heavy (non-hydrogen) atoms. The first-order chi connectivity index (χ1) is 20.0. The Morgan fingerprint density at radius 1 is 1.05 bits per heavy atom. The van der Waals surface area contributed by atoms with Gasteiger partial charge in [-0.25, -0.2) is 9.97 Å². The predicted octanol–water partition coefficient (Wildman–Crippen LogP) is 4.59. The number of nitrogens with one attached hydrogen (secondary N) is 2. The van der Waals surface area contributed by atoms with Crippen LogP contribution in [0.25, 0.3) is 11.3 Å². The lowest BCUT2D eigenvalue weighted by Crippen LogP contribution is -2.43. The van der Waals surface area contributed by atoms with E-state index in [9.17, 15) is 4.79 Å². The van der Waals surface area contributed by atoms with E-state index in [0.717, 1.165) is 18.7 Å². The van der Waals surface area contributed by atoms with Gasteiger partial charge in [0.25, 0.3) is 5.91 Å². The second-order valence-corrected chi connectivity index (χ2v) is 8.83. The van der Waals surface area contributed by atoms with Crippen molar-refractivity contribution in [2.24, 2.45) is 0 Å². The molecular formula is C29H31N7O. The molecule has 3 heterocycles. The van der Waals surface area contributed by atoms with Gasteiger partial charge in [0, 0.05) is 80.6 Å². The summed E-state index contributed by atoms with van der Waals surface area (Å²) in [5, 5.41) is 5.80. The molecule has 1 amide bonds. The van der Waals surface area contributed by atoms with Gasteiger partial charge in [-0.05, 0) is 67.5 Å². The molecule has 2 N–H and O–H groups in total. The van der Waals surface area contributed by atoms with E-state index >= 15 is 0 Å². The fourth-order valence-corrected chi connectivity index (χ4v) is 3.94. The summed E-state index contributed by atoms with van der Waals surface area (Å²) in [6, 6.07) is 16.3. The molecule has 0 unspecified atom stereocenters. The maximum absolute atomic E-state index is 13.1. The summed E-state index contributed by atoms with van der Waals surface area (Å²) in [6.07, 6.45) is 4.89. The molecule has 0 bridgehead atoms. The van der Waals surface area contributed by atoms with Crippen molar-refractivity contribution in [3.05, 3.63) is 95.9 Å². The average Bonchev–Trinajstić information content (AvgIpc) is 2.97. The van der Waals surface area contributed by atoms with Gasteiger partial charge in [-0.1, -0.05) is 18.2 Å². The lowest BCUT2D eigenvalue weighted by molar-refractivity contribution is 0.102. The quantitative estimate of drug-likeness (QED) is 0.385. The van der Waals surface area contributed by atoms with Gasteiger partial charge in [0.15, 0.2) is 0 Å². The number of anilines is 3. The van der Waals surface area contributed by atoms with E-state index in [4.69, 9.17) is 6.85 Å². The number of nitrogens with zero attached hydrogens (tertiary/aromatic N) is 5. The highest BCUT2D eigenvalue weighted by Gasteiger charge is 2.14.